The van der Waals surface area contributed by atoms with Crippen molar-refractivity contribution in [2.75, 3.05) is 30.4 Å². The van der Waals surface area contributed by atoms with Crippen molar-refractivity contribution in [1.29, 1.82) is 0 Å². The summed E-state index contributed by atoms with van der Waals surface area (Å²) in [5, 5.41) is 37.3. The number of para-hydroxylation sites is 1. The predicted octanol–water partition coefficient (Wildman–Crippen LogP) is 2.96. The molecule has 6 N–H and O–H groups in total. The summed E-state index contributed by atoms with van der Waals surface area (Å²) < 4.78 is 5.53. The van der Waals surface area contributed by atoms with E-state index in [1.165, 1.54) is 24.3 Å². The fourth-order valence-corrected chi connectivity index (χ4v) is 3.27. The first-order valence-corrected chi connectivity index (χ1v) is 11.1. The summed E-state index contributed by atoms with van der Waals surface area (Å²) in [5.41, 5.74) is 2.13. The zero-order valence-corrected chi connectivity index (χ0v) is 19.1. The maximum absolute atomic E-state index is 12.2. The minimum atomic E-state index is -1.03. The van der Waals surface area contributed by atoms with E-state index < -0.39 is 18.1 Å². The highest BCUT2D eigenvalue weighted by molar-refractivity contribution is 6.00. The topological polar surface area (TPSA) is 140 Å². The third kappa shape index (κ3) is 8.74. The van der Waals surface area contributed by atoms with Crippen LogP contribution in [0.4, 0.5) is 16.2 Å². The molecular weight excluding hydrogens is 450 g/mol. The lowest BCUT2D eigenvalue weighted by atomic mass is 10.1. The van der Waals surface area contributed by atoms with Crippen molar-refractivity contribution >= 4 is 23.4 Å². The average molecular weight is 480 g/mol. The van der Waals surface area contributed by atoms with E-state index in [-0.39, 0.29) is 31.4 Å². The third-order valence-electron chi connectivity index (χ3n) is 5.13. The number of hydrogen-bond acceptors (Lipinski definition) is 6. The Morgan fingerprint density at radius 1 is 0.857 bits per heavy atom. The minimum Gasteiger partial charge on any atom is -0.491 e. The predicted molar refractivity (Wildman–Crippen MR) is 133 cm³/mol. The van der Waals surface area contributed by atoms with Gasteiger partial charge in [0.25, 0.3) is 0 Å². The number of amides is 2. The second-order valence-corrected chi connectivity index (χ2v) is 7.93. The smallest absolute Gasteiger partial charge is 0.335 e. The first-order chi connectivity index (χ1) is 16.9. The molecule has 0 fully saturated rings. The molecule has 9 nitrogen and oxygen atoms in total. The minimum absolute atomic E-state index is 0.102. The number of ether oxygens (including phenoxy) is 1. The summed E-state index contributed by atoms with van der Waals surface area (Å²) in [7, 11) is 0. The van der Waals surface area contributed by atoms with Crippen molar-refractivity contribution in [3.63, 3.8) is 0 Å². The molecule has 0 bridgehead atoms. The first-order valence-electron chi connectivity index (χ1n) is 11.1. The number of aliphatic hydroxyl groups excluding tert-OH is 2. The lowest BCUT2D eigenvalue weighted by Crippen LogP contribution is -2.41. The van der Waals surface area contributed by atoms with Crippen molar-refractivity contribution in [1.82, 2.24) is 5.32 Å². The average Bonchev–Trinajstić information content (AvgIpc) is 2.87. The monoisotopic (exact) mass is 479 g/mol. The molecule has 0 saturated heterocycles. The zero-order chi connectivity index (χ0) is 25.0. The SMILES string of the molecule is O=C(Nc1ccc(C[C@@H](CO)NC[C@H](O)COc2ccccc2)cc1)Nc1ccc(C(=O)O)cc1. The number of carboxylic acid groups (broad SMARTS) is 1. The quantitative estimate of drug-likeness (QED) is 0.235. The molecule has 0 heterocycles. The molecule has 0 aromatic heterocycles. The molecule has 0 radical (unpaired) electrons. The van der Waals surface area contributed by atoms with Crippen LogP contribution in [0.25, 0.3) is 0 Å². The van der Waals surface area contributed by atoms with Crippen LogP contribution in [0.3, 0.4) is 0 Å². The van der Waals surface area contributed by atoms with Crippen LogP contribution in [0, 0.1) is 0 Å². The van der Waals surface area contributed by atoms with E-state index in [0.29, 0.717) is 23.5 Å². The molecule has 0 aliphatic rings. The molecule has 2 amide bonds. The van der Waals surface area contributed by atoms with Crippen molar-refractivity contribution in [2.24, 2.45) is 0 Å². The number of aromatic carboxylic acids is 1. The Hall–Kier alpha value is -3.92. The molecule has 3 aromatic carbocycles. The van der Waals surface area contributed by atoms with Gasteiger partial charge in [0.2, 0.25) is 0 Å². The summed E-state index contributed by atoms with van der Waals surface area (Å²) in [6, 6.07) is 21.6. The van der Waals surface area contributed by atoms with E-state index in [1.54, 1.807) is 12.1 Å². The van der Waals surface area contributed by atoms with Gasteiger partial charge >= 0.3 is 12.0 Å². The van der Waals surface area contributed by atoms with E-state index in [9.17, 15) is 19.8 Å². The van der Waals surface area contributed by atoms with Crippen LogP contribution in [0.1, 0.15) is 15.9 Å². The summed E-state index contributed by atoms with van der Waals surface area (Å²) in [6.07, 6.45) is -0.194. The molecule has 0 saturated carbocycles. The normalized spacial score (nSPS) is 12.4. The second kappa shape index (κ2) is 13.1. The second-order valence-electron chi connectivity index (χ2n) is 7.93. The van der Waals surface area contributed by atoms with Gasteiger partial charge < -0.3 is 36.0 Å². The maximum Gasteiger partial charge on any atom is 0.335 e. The first kappa shape index (κ1) is 25.7. The van der Waals surface area contributed by atoms with Crippen LogP contribution in [0.5, 0.6) is 5.75 Å². The Balaban J connectivity index is 1.42. The molecule has 3 rings (SSSR count). The van der Waals surface area contributed by atoms with Gasteiger partial charge in [-0.3, -0.25) is 0 Å². The Labute approximate surface area is 203 Å². The highest BCUT2D eigenvalue weighted by atomic mass is 16.5. The van der Waals surface area contributed by atoms with Gasteiger partial charge in [-0.05, 0) is 60.5 Å². The number of rotatable bonds is 12. The molecule has 184 valence electrons. The fraction of sp³-hybridized carbons (Fsp3) is 0.231. The zero-order valence-electron chi connectivity index (χ0n) is 19.1. The molecule has 0 aliphatic carbocycles. The maximum atomic E-state index is 12.2. The number of carbonyl (C=O) groups excluding carboxylic acids is 1. The lowest BCUT2D eigenvalue weighted by Gasteiger charge is -2.19. The Morgan fingerprint density at radius 2 is 1.46 bits per heavy atom. The van der Waals surface area contributed by atoms with Gasteiger partial charge in [0.1, 0.15) is 18.5 Å². The number of hydrogen-bond donors (Lipinski definition) is 6. The van der Waals surface area contributed by atoms with Crippen LogP contribution in [-0.2, 0) is 6.42 Å². The number of carbonyl (C=O) groups is 2. The van der Waals surface area contributed by atoms with E-state index in [0.717, 1.165) is 5.56 Å². The Kier molecular flexibility index (Phi) is 9.61. The number of anilines is 2. The molecule has 0 aliphatic heterocycles. The van der Waals surface area contributed by atoms with Crippen LogP contribution in [0.2, 0.25) is 0 Å². The van der Waals surface area contributed by atoms with Crippen LogP contribution >= 0.6 is 0 Å². The summed E-state index contributed by atoms with van der Waals surface area (Å²) >= 11 is 0. The van der Waals surface area contributed by atoms with E-state index in [1.807, 2.05) is 42.5 Å². The molecule has 9 heteroatoms. The van der Waals surface area contributed by atoms with Gasteiger partial charge in [-0.2, -0.15) is 0 Å². The molecule has 2 atom stereocenters. The van der Waals surface area contributed by atoms with E-state index in [2.05, 4.69) is 16.0 Å². The van der Waals surface area contributed by atoms with Gasteiger partial charge in [-0.15, -0.1) is 0 Å². The molecule has 35 heavy (non-hydrogen) atoms. The van der Waals surface area contributed by atoms with E-state index in [4.69, 9.17) is 9.84 Å². The van der Waals surface area contributed by atoms with Crippen molar-refractivity contribution < 1.29 is 29.6 Å². The van der Waals surface area contributed by atoms with E-state index >= 15 is 0 Å². The van der Waals surface area contributed by atoms with Gasteiger partial charge in [0.05, 0.1) is 12.2 Å². The van der Waals surface area contributed by atoms with Crippen LogP contribution in [-0.4, -0.2) is 59.2 Å². The number of urea groups is 1. The van der Waals surface area contributed by atoms with Gasteiger partial charge in [-0.25, -0.2) is 9.59 Å². The Bertz CT molecular complexity index is 1070. The third-order valence-corrected chi connectivity index (χ3v) is 5.13. The number of benzene rings is 3. The molecule has 3 aromatic rings. The lowest BCUT2D eigenvalue weighted by molar-refractivity contribution is 0.0697. The van der Waals surface area contributed by atoms with Gasteiger partial charge in [0.15, 0.2) is 0 Å². The van der Waals surface area contributed by atoms with Gasteiger partial charge in [0, 0.05) is 24.0 Å². The van der Waals surface area contributed by atoms with Crippen LogP contribution in [0.15, 0.2) is 78.9 Å². The largest absolute Gasteiger partial charge is 0.491 e. The van der Waals surface area contributed by atoms with Crippen molar-refractivity contribution in [3.8, 4) is 5.75 Å². The number of carboxylic acids is 1. The standard InChI is InChI=1S/C26H29N3O6/c30-16-22(27-15-23(31)17-35-24-4-2-1-3-5-24)14-18-6-10-20(11-7-18)28-26(34)29-21-12-8-19(9-13-21)25(32)33/h1-13,22-23,27,30-31H,14-17H2,(H,32,33)(H2,28,29,34)/t22-,23-/m0/s1. The molecule has 0 unspecified atom stereocenters. The summed E-state index contributed by atoms with van der Waals surface area (Å²) in [4.78, 5) is 23.1. The fourth-order valence-electron chi connectivity index (χ4n) is 3.27. The Morgan fingerprint density at radius 3 is 2.03 bits per heavy atom. The highest BCUT2D eigenvalue weighted by Crippen LogP contribution is 2.14. The summed E-state index contributed by atoms with van der Waals surface area (Å²) in [5.74, 6) is -0.350. The van der Waals surface area contributed by atoms with Crippen molar-refractivity contribution in [3.05, 3.63) is 90.0 Å². The highest BCUT2D eigenvalue weighted by Gasteiger charge is 2.12. The van der Waals surface area contributed by atoms with Crippen LogP contribution < -0.4 is 20.7 Å². The molecular formula is C26H29N3O6. The molecule has 0 spiro atoms. The van der Waals surface area contributed by atoms with Gasteiger partial charge in [-0.1, -0.05) is 30.3 Å². The summed E-state index contributed by atoms with van der Waals surface area (Å²) in [6.45, 7) is 0.307. The number of aliphatic hydroxyl groups is 2. The number of nitrogens with one attached hydrogen (secondary N) is 3. The van der Waals surface area contributed by atoms with Crippen molar-refractivity contribution in [2.45, 2.75) is 18.6 Å².